The van der Waals surface area contributed by atoms with Crippen LogP contribution < -0.4 is 5.32 Å². The van der Waals surface area contributed by atoms with E-state index in [1.807, 2.05) is 0 Å². The molecule has 2 N–H and O–H groups in total. The van der Waals surface area contributed by atoms with E-state index < -0.39 is 23.6 Å². The number of aliphatic hydroxyl groups is 1. The van der Waals surface area contributed by atoms with Gasteiger partial charge in [-0.15, -0.1) is 0 Å². The molecule has 2 nitrogen and oxygen atoms in total. The van der Waals surface area contributed by atoms with E-state index in [4.69, 9.17) is 0 Å². The zero-order valence-corrected chi connectivity index (χ0v) is 7.77. The number of piperidine rings is 1. The summed E-state index contributed by atoms with van der Waals surface area (Å²) in [5.41, 5.74) is -2.43. The summed E-state index contributed by atoms with van der Waals surface area (Å²) < 4.78 is 38.3. The van der Waals surface area contributed by atoms with Crippen LogP contribution in [0.5, 0.6) is 0 Å². The molecule has 1 aliphatic carbocycles. The zero-order valence-electron chi connectivity index (χ0n) is 7.77. The lowest BCUT2D eigenvalue weighted by Gasteiger charge is -2.50. The summed E-state index contributed by atoms with van der Waals surface area (Å²) in [5, 5.41) is 12.8. The largest absolute Gasteiger partial charge is 0.417 e. The molecule has 0 spiro atoms. The smallest absolute Gasteiger partial charge is 0.380 e. The molecule has 2 bridgehead atoms. The van der Waals surface area contributed by atoms with Gasteiger partial charge in [-0.05, 0) is 12.8 Å². The molecule has 1 heterocycles. The second-order valence-corrected chi connectivity index (χ2v) is 4.31. The lowest BCUT2D eigenvalue weighted by atomic mass is 9.65. The molecule has 0 aromatic heterocycles. The minimum Gasteiger partial charge on any atom is -0.380 e. The van der Waals surface area contributed by atoms with Crippen LogP contribution in [0.25, 0.3) is 0 Å². The maximum Gasteiger partial charge on any atom is 0.417 e. The molecule has 1 saturated heterocycles. The van der Waals surface area contributed by atoms with Gasteiger partial charge in [0, 0.05) is 24.9 Å². The predicted molar refractivity (Wildman–Crippen MR) is 44.7 cm³/mol. The third-order valence-electron chi connectivity index (χ3n) is 3.59. The predicted octanol–water partition coefficient (Wildman–Crippen LogP) is 1.30. The Kier molecular flexibility index (Phi) is 2.27. The first-order chi connectivity index (χ1) is 6.46. The molecule has 2 aliphatic rings. The first-order valence-corrected chi connectivity index (χ1v) is 4.96. The number of nitrogens with one attached hydrogen (secondary N) is 1. The molecule has 2 unspecified atom stereocenters. The van der Waals surface area contributed by atoms with Crippen LogP contribution in [0.15, 0.2) is 0 Å². The Morgan fingerprint density at radius 1 is 1.14 bits per heavy atom. The Morgan fingerprint density at radius 3 is 2.00 bits per heavy atom. The Hall–Kier alpha value is -0.290. The van der Waals surface area contributed by atoms with Crippen LogP contribution >= 0.6 is 0 Å². The molecule has 0 radical (unpaired) electrons. The SMILES string of the molecule is OC1(C(F)(F)F)C2CCCC1CNC2. The number of fused-ring (bicyclic) bond motifs is 2. The van der Waals surface area contributed by atoms with Crippen molar-refractivity contribution in [2.45, 2.75) is 31.0 Å². The number of rotatable bonds is 0. The number of hydrogen-bond acceptors (Lipinski definition) is 2. The summed E-state index contributed by atoms with van der Waals surface area (Å²) in [6.07, 6.45) is -2.74. The van der Waals surface area contributed by atoms with Crippen molar-refractivity contribution in [1.82, 2.24) is 5.32 Å². The fourth-order valence-electron chi connectivity index (χ4n) is 2.79. The third kappa shape index (κ3) is 1.26. The monoisotopic (exact) mass is 209 g/mol. The highest BCUT2D eigenvalue weighted by Gasteiger charge is 2.64. The van der Waals surface area contributed by atoms with Crippen LogP contribution in [0.2, 0.25) is 0 Å². The van der Waals surface area contributed by atoms with Gasteiger partial charge in [-0.2, -0.15) is 13.2 Å². The van der Waals surface area contributed by atoms with Gasteiger partial charge in [0.1, 0.15) is 0 Å². The van der Waals surface area contributed by atoms with Crippen molar-refractivity contribution in [1.29, 1.82) is 0 Å². The van der Waals surface area contributed by atoms with E-state index in [2.05, 4.69) is 5.32 Å². The van der Waals surface area contributed by atoms with Gasteiger partial charge < -0.3 is 10.4 Å². The van der Waals surface area contributed by atoms with E-state index in [1.165, 1.54) is 0 Å². The first-order valence-electron chi connectivity index (χ1n) is 4.96. The molecule has 0 amide bonds. The maximum atomic E-state index is 12.8. The maximum absolute atomic E-state index is 12.8. The van der Waals surface area contributed by atoms with Crippen molar-refractivity contribution < 1.29 is 18.3 Å². The molecule has 0 aromatic rings. The molecule has 0 aromatic carbocycles. The summed E-state index contributed by atoms with van der Waals surface area (Å²) in [4.78, 5) is 0. The number of hydrogen-bond donors (Lipinski definition) is 2. The van der Waals surface area contributed by atoms with Crippen LogP contribution in [0, 0.1) is 11.8 Å². The summed E-state index contributed by atoms with van der Waals surface area (Å²) in [6, 6.07) is 0. The molecule has 2 fully saturated rings. The quantitative estimate of drug-likeness (QED) is 0.630. The first kappa shape index (κ1) is 10.2. The van der Waals surface area contributed by atoms with E-state index in [1.54, 1.807) is 0 Å². The van der Waals surface area contributed by atoms with Crippen LogP contribution in [0.3, 0.4) is 0 Å². The van der Waals surface area contributed by atoms with Gasteiger partial charge in [0.25, 0.3) is 0 Å². The Bertz CT molecular complexity index is 207. The standard InChI is InChI=1S/C9H14F3NO/c10-9(11,12)8(14)6-2-1-3-7(8)5-13-4-6/h6-7,13-14H,1-5H2. The average Bonchev–Trinajstić information content (AvgIpc) is 2.00. The van der Waals surface area contributed by atoms with E-state index in [0.717, 1.165) is 6.42 Å². The van der Waals surface area contributed by atoms with Crippen LogP contribution in [-0.4, -0.2) is 30.0 Å². The fourth-order valence-corrected chi connectivity index (χ4v) is 2.79. The van der Waals surface area contributed by atoms with Crippen molar-refractivity contribution in [3.05, 3.63) is 0 Å². The van der Waals surface area contributed by atoms with Gasteiger partial charge in [-0.3, -0.25) is 0 Å². The van der Waals surface area contributed by atoms with Crippen molar-refractivity contribution in [3.8, 4) is 0 Å². The van der Waals surface area contributed by atoms with Crippen molar-refractivity contribution >= 4 is 0 Å². The van der Waals surface area contributed by atoms with E-state index in [9.17, 15) is 18.3 Å². The molecular weight excluding hydrogens is 195 g/mol. The summed E-state index contributed by atoms with van der Waals surface area (Å²) in [5.74, 6) is -1.31. The molecule has 1 saturated carbocycles. The lowest BCUT2D eigenvalue weighted by Crippen LogP contribution is -2.66. The zero-order chi connectivity index (χ0) is 10.4. The third-order valence-corrected chi connectivity index (χ3v) is 3.59. The summed E-state index contributed by atoms with van der Waals surface area (Å²) >= 11 is 0. The molecule has 2 atom stereocenters. The molecule has 82 valence electrons. The van der Waals surface area contributed by atoms with Gasteiger partial charge >= 0.3 is 6.18 Å². The Balaban J connectivity index is 2.31. The van der Waals surface area contributed by atoms with Crippen LogP contribution in [0.1, 0.15) is 19.3 Å². The van der Waals surface area contributed by atoms with Gasteiger partial charge in [-0.25, -0.2) is 0 Å². The highest BCUT2D eigenvalue weighted by Crippen LogP contribution is 2.49. The van der Waals surface area contributed by atoms with E-state index in [-0.39, 0.29) is 13.1 Å². The average molecular weight is 209 g/mol. The van der Waals surface area contributed by atoms with Gasteiger partial charge in [0.05, 0.1) is 0 Å². The van der Waals surface area contributed by atoms with Gasteiger partial charge in [-0.1, -0.05) is 6.42 Å². The normalized spacial score (nSPS) is 43.7. The highest BCUT2D eigenvalue weighted by molar-refractivity contribution is 5.05. The van der Waals surface area contributed by atoms with Crippen molar-refractivity contribution in [2.24, 2.45) is 11.8 Å². The second-order valence-electron chi connectivity index (χ2n) is 4.31. The molecule has 1 aliphatic heterocycles. The van der Waals surface area contributed by atoms with Crippen LogP contribution in [-0.2, 0) is 0 Å². The summed E-state index contributed by atoms with van der Waals surface area (Å²) in [7, 11) is 0. The molecular formula is C9H14F3NO. The fraction of sp³-hybridized carbons (Fsp3) is 1.00. The number of halogens is 3. The molecule has 5 heteroatoms. The Morgan fingerprint density at radius 2 is 1.64 bits per heavy atom. The molecule has 2 rings (SSSR count). The van der Waals surface area contributed by atoms with Gasteiger partial charge in [0.15, 0.2) is 5.60 Å². The van der Waals surface area contributed by atoms with Crippen molar-refractivity contribution in [2.75, 3.05) is 13.1 Å². The van der Waals surface area contributed by atoms with Crippen LogP contribution in [0.4, 0.5) is 13.2 Å². The topological polar surface area (TPSA) is 32.3 Å². The molecule has 14 heavy (non-hydrogen) atoms. The van der Waals surface area contributed by atoms with Gasteiger partial charge in [0.2, 0.25) is 0 Å². The second kappa shape index (κ2) is 3.10. The van der Waals surface area contributed by atoms with Crippen molar-refractivity contribution in [3.63, 3.8) is 0 Å². The van der Waals surface area contributed by atoms with E-state index in [0.29, 0.717) is 12.8 Å². The lowest BCUT2D eigenvalue weighted by molar-refractivity contribution is -0.312. The number of alkyl halides is 3. The minimum atomic E-state index is -4.48. The minimum absolute atomic E-state index is 0.284. The highest BCUT2D eigenvalue weighted by atomic mass is 19.4. The Labute approximate surface area is 80.5 Å². The summed E-state index contributed by atoms with van der Waals surface area (Å²) in [6.45, 7) is 0.568. The van der Waals surface area contributed by atoms with E-state index >= 15 is 0 Å².